The maximum absolute atomic E-state index is 14.8. The summed E-state index contributed by atoms with van der Waals surface area (Å²) in [6.45, 7) is 3.86. The van der Waals surface area contributed by atoms with Crippen LogP contribution in [0.3, 0.4) is 0 Å². The average molecular weight is 461 g/mol. The highest BCUT2D eigenvalue weighted by Crippen LogP contribution is 2.33. The molecular weight excluding hydrogens is 430 g/mol. The molecule has 2 atom stereocenters. The standard InChI is InChI=1S/C22H28F2N8O/c1-3-22(11-27-13-28-12-25,19-9-4-16(23)10-20(19)24)15(2)31-21(33)32-18-7-5-17(6-8-18)29-14-30-26/h4-10,12-15H,3,11,26H2,1-2H3,(H,29,30)(H2,25,27,28)(H2,31,32,33)/p+2. The van der Waals surface area contributed by atoms with Crippen molar-refractivity contribution in [3.8, 4) is 0 Å². The highest BCUT2D eigenvalue weighted by Gasteiger charge is 2.40. The Morgan fingerprint density at radius 1 is 1.27 bits per heavy atom. The highest BCUT2D eigenvalue weighted by atomic mass is 19.1. The van der Waals surface area contributed by atoms with Crippen LogP contribution in [0.25, 0.3) is 0 Å². The molecule has 0 spiro atoms. The van der Waals surface area contributed by atoms with Crippen molar-refractivity contribution in [2.24, 2.45) is 21.7 Å². The Balaban J connectivity index is 2.24. The first kappa shape index (κ1) is 25.4. The van der Waals surface area contributed by atoms with E-state index >= 15 is 0 Å². The molecule has 2 aromatic rings. The summed E-state index contributed by atoms with van der Waals surface area (Å²) in [5.41, 5.74) is 6.05. The van der Waals surface area contributed by atoms with Crippen LogP contribution < -0.4 is 32.5 Å². The summed E-state index contributed by atoms with van der Waals surface area (Å²) in [7, 11) is 0. The lowest BCUT2D eigenvalue weighted by molar-refractivity contribution is -0.466. The Hall–Kier alpha value is -3.86. The van der Waals surface area contributed by atoms with Gasteiger partial charge in [-0.25, -0.2) is 13.6 Å². The number of quaternary nitrogens is 1. The molecule has 0 heterocycles. The number of halogens is 2. The first-order valence-corrected chi connectivity index (χ1v) is 10.3. The van der Waals surface area contributed by atoms with Crippen molar-refractivity contribution < 1.29 is 23.9 Å². The third-order valence-corrected chi connectivity index (χ3v) is 5.47. The second kappa shape index (κ2) is 12.2. The maximum atomic E-state index is 14.8. The van der Waals surface area contributed by atoms with Gasteiger partial charge in [0.1, 0.15) is 17.3 Å². The van der Waals surface area contributed by atoms with E-state index in [1.165, 1.54) is 24.8 Å². The molecule has 0 saturated heterocycles. The van der Waals surface area contributed by atoms with Gasteiger partial charge < -0.3 is 22.2 Å². The van der Waals surface area contributed by atoms with Gasteiger partial charge in [-0.3, -0.25) is 10.3 Å². The third kappa shape index (κ3) is 6.81. The van der Waals surface area contributed by atoms with Gasteiger partial charge in [-0.15, -0.1) is 5.10 Å². The number of nitrogens with zero attached hydrogens (tertiary/aromatic N) is 2. The minimum atomic E-state index is -0.907. The van der Waals surface area contributed by atoms with E-state index in [9.17, 15) is 13.6 Å². The van der Waals surface area contributed by atoms with Crippen LogP contribution >= 0.6 is 0 Å². The van der Waals surface area contributed by atoms with Gasteiger partial charge in [0.25, 0.3) is 6.34 Å². The number of carbonyl (C=O) groups excluding carboxylic acids is 1. The van der Waals surface area contributed by atoms with Gasteiger partial charge in [0.05, 0.1) is 12.0 Å². The molecule has 9 nitrogen and oxygen atoms in total. The van der Waals surface area contributed by atoms with Gasteiger partial charge >= 0.3 is 6.03 Å². The van der Waals surface area contributed by atoms with E-state index in [0.29, 0.717) is 12.1 Å². The smallest absolute Gasteiger partial charge is 0.319 e. The molecule has 33 heavy (non-hydrogen) atoms. The minimum Gasteiger partial charge on any atom is -0.369 e. The molecule has 0 bridgehead atoms. The largest absolute Gasteiger partial charge is 0.369 e. The minimum absolute atomic E-state index is 0.220. The van der Waals surface area contributed by atoms with Crippen LogP contribution in [0.5, 0.6) is 0 Å². The van der Waals surface area contributed by atoms with Crippen LogP contribution in [0.4, 0.5) is 25.0 Å². The lowest BCUT2D eigenvalue weighted by Gasteiger charge is -2.37. The number of benzene rings is 2. The van der Waals surface area contributed by atoms with E-state index < -0.39 is 29.1 Å². The maximum Gasteiger partial charge on any atom is 0.319 e. The van der Waals surface area contributed by atoms with Crippen LogP contribution in [-0.2, 0) is 5.41 Å². The molecule has 2 aromatic carbocycles. The number of nitrogens with two attached hydrogens (primary N) is 3. The lowest BCUT2D eigenvalue weighted by Crippen LogP contribution is -2.76. The number of hydrazone groups is 1. The van der Waals surface area contributed by atoms with Crippen molar-refractivity contribution in [2.75, 3.05) is 11.9 Å². The van der Waals surface area contributed by atoms with Gasteiger partial charge in [0.15, 0.2) is 0 Å². The predicted octanol–water partition coefficient (Wildman–Crippen LogP) is 0.0156. The molecule has 2 rings (SSSR count). The highest BCUT2D eigenvalue weighted by molar-refractivity contribution is 5.89. The fraction of sp³-hybridized carbons (Fsp3) is 0.273. The number of nitrogens with one attached hydrogen (secondary N) is 3. The van der Waals surface area contributed by atoms with E-state index in [1.54, 1.807) is 36.5 Å². The van der Waals surface area contributed by atoms with Gasteiger partial charge in [-0.05, 0) is 36.5 Å². The molecule has 176 valence electrons. The molecule has 0 aliphatic heterocycles. The lowest BCUT2D eigenvalue weighted by atomic mass is 9.72. The number of urea groups is 1. The first-order valence-electron chi connectivity index (χ1n) is 10.3. The predicted molar refractivity (Wildman–Crippen MR) is 125 cm³/mol. The second-order valence-corrected chi connectivity index (χ2v) is 7.35. The van der Waals surface area contributed by atoms with Gasteiger partial charge in [0, 0.05) is 35.5 Å². The monoisotopic (exact) mass is 460 g/mol. The molecule has 11 heteroatoms. The van der Waals surface area contributed by atoms with Gasteiger partial charge in [0.2, 0.25) is 12.7 Å². The van der Waals surface area contributed by atoms with Gasteiger partial charge in [-0.2, -0.15) is 0 Å². The summed E-state index contributed by atoms with van der Waals surface area (Å²) < 4.78 is 28.4. The molecule has 0 fully saturated rings. The number of hydrogen-bond acceptors (Lipinski definition) is 3. The number of anilines is 1. The summed E-state index contributed by atoms with van der Waals surface area (Å²) in [5, 5.41) is 10.8. The summed E-state index contributed by atoms with van der Waals surface area (Å²) in [5.74, 6) is 3.71. The van der Waals surface area contributed by atoms with E-state index in [2.05, 4.69) is 25.7 Å². The molecule has 0 saturated carbocycles. The van der Waals surface area contributed by atoms with Crippen molar-refractivity contribution >= 4 is 36.4 Å². The van der Waals surface area contributed by atoms with Crippen molar-refractivity contribution in [2.45, 2.75) is 31.7 Å². The molecule has 0 radical (unpaired) electrons. The van der Waals surface area contributed by atoms with E-state index in [1.807, 2.05) is 6.92 Å². The molecule has 0 aliphatic rings. The number of aliphatic imine (C=N–C) groups is 1. The van der Waals surface area contributed by atoms with E-state index in [0.717, 1.165) is 18.1 Å². The molecule has 0 aliphatic carbocycles. The molecule has 0 aromatic heterocycles. The van der Waals surface area contributed by atoms with Crippen molar-refractivity contribution in [3.63, 3.8) is 0 Å². The fourth-order valence-corrected chi connectivity index (χ4v) is 3.63. The zero-order valence-corrected chi connectivity index (χ0v) is 18.6. The van der Waals surface area contributed by atoms with Crippen LogP contribution in [-0.4, -0.2) is 37.6 Å². The summed E-state index contributed by atoms with van der Waals surface area (Å²) in [4.78, 5) is 19.5. The zero-order chi connectivity index (χ0) is 24.3. The van der Waals surface area contributed by atoms with Crippen LogP contribution in [0.1, 0.15) is 25.8 Å². The van der Waals surface area contributed by atoms with E-state index in [4.69, 9.17) is 11.6 Å². The Kier molecular flexibility index (Phi) is 9.43. The number of hydrogen-bond donors (Lipinski definition) is 6. The molecule has 2 unspecified atom stereocenters. The van der Waals surface area contributed by atoms with Crippen molar-refractivity contribution in [1.29, 1.82) is 0 Å². The normalized spacial score (nSPS) is 14.5. The average Bonchev–Trinajstić information content (AvgIpc) is 2.79. The Bertz CT molecular complexity index is 1010. The second-order valence-electron chi connectivity index (χ2n) is 7.35. The first-order chi connectivity index (χ1) is 15.9. The molecule has 9 N–H and O–H groups in total. The third-order valence-electron chi connectivity index (χ3n) is 5.47. The fourth-order valence-electron chi connectivity index (χ4n) is 3.63. The van der Waals surface area contributed by atoms with Crippen LogP contribution in [0, 0.1) is 11.6 Å². The SMILES string of the molecule is CCC(C[NH+]=CN=CN)(c1ccc(F)cc1F)C(C)NC(=O)Nc1ccc([NH2+]C=NN)cc1. The Morgan fingerprint density at radius 2 is 2.00 bits per heavy atom. The summed E-state index contributed by atoms with van der Waals surface area (Å²) in [6, 6.07) is 9.48. The molecular formula is C22H30F2N8O+2. The summed E-state index contributed by atoms with van der Waals surface area (Å²) in [6.07, 6.45) is 4.39. The Morgan fingerprint density at radius 3 is 2.61 bits per heavy atom. The van der Waals surface area contributed by atoms with Crippen molar-refractivity contribution in [3.05, 3.63) is 59.7 Å². The molecule has 2 amide bonds. The van der Waals surface area contributed by atoms with Crippen LogP contribution in [0.15, 0.2) is 52.6 Å². The van der Waals surface area contributed by atoms with E-state index in [-0.39, 0.29) is 12.1 Å². The van der Waals surface area contributed by atoms with Crippen molar-refractivity contribution in [1.82, 2.24) is 5.32 Å². The number of carbonyl (C=O) groups is 1. The number of amides is 2. The quantitative estimate of drug-likeness (QED) is 0.0976. The topological polar surface area (TPSA) is 148 Å². The van der Waals surface area contributed by atoms with Crippen LogP contribution in [0.2, 0.25) is 0 Å². The zero-order valence-electron chi connectivity index (χ0n) is 18.6. The number of rotatable bonds is 10. The van der Waals surface area contributed by atoms with Gasteiger partial charge in [-0.1, -0.05) is 13.0 Å². The summed E-state index contributed by atoms with van der Waals surface area (Å²) >= 11 is 0. The Labute approximate surface area is 191 Å².